The van der Waals surface area contributed by atoms with Gasteiger partial charge in [0.2, 0.25) is 0 Å². The molecule has 0 atom stereocenters. The van der Waals surface area contributed by atoms with Crippen LogP contribution in [-0.4, -0.2) is 41.5 Å². The molecule has 0 saturated heterocycles. The summed E-state index contributed by atoms with van der Waals surface area (Å²) in [6.45, 7) is 0.107. The number of amides is 1. The summed E-state index contributed by atoms with van der Waals surface area (Å²) in [5.41, 5.74) is -0.418. The Morgan fingerprint density at radius 2 is 1.90 bits per heavy atom. The van der Waals surface area contributed by atoms with Crippen molar-refractivity contribution in [1.82, 2.24) is 4.90 Å². The van der Waals surface area contributed by atoms with E-state index in [-0.39, 0.29) is 35.9 Å². The Balaban J connectivity index is 1.51. The molecule has 0 unspecified atom stereocenters. The van der Waals surface area contributed by atoms with Crippen molar-refractivity contribution in [2.45, 2.75) is 50.5 Å². The van der Waals surface area contributed by atoms with E-state index >= 15 is 0 Å². The number of ether oxygens (including phenoxy) is 2. The second-order valence-corrected chi connectivity index (χ2v) is 8.97. The number of carbonyl (C=O) groups is 1. The van der Waals surface area contributed by atoms with Crippen molar-refractivity contribution < 1.29 is 19.2 Å². The van der Waals surface area contributed by atoms with Gasteiger partial charge in [-0.25, -0.2) is 0 Å². The molecule has 0 aliphatic heterocycles. The van der Waals surface area contributed by atoms with Crippen molar-refractivity contribution >= 4 is 11.6 Å². The maximum Gasteiger partial charge on any atom is 0.314 e. The Labute approximate surface area is 175 Å². The third-order valence-electron chi connectivity index (χ3n) is 7.04. The number of hydrogen-bond donors (Lipinski definition) is 0. The molecule has 0 heterocycles. The summed E-state index contributed by atoms with van der Waals surface area (Å²) < 4.78 is 10.7. The zero-order valence-corrected chi connectivity index (χ0v) is 17.2. The zero-order valence-electron chi connectivity index (χ0n) is 17.2. The summed E-state index contributed by atoms with van der Waals surface area (Å²) in [5, 5.41) is 20.5. The highest BCUT2D eigenvalue weighted by molar-refractivity contribution is 5.79. The maximum absolute atomic E-state index is 13.2. The lowest BCUT2D eigenvalue weighted by Gasteiger charge is -2.60. The van der Waals surface area contributed by atoms with Gasteiger partial charge in [-0.05, 0) is 68.4 Å². The summed E-state index contributed by atoms with van der Waals surface area (Å²) in [7, 11) is 1.43. The van der Waals surface area contributed by atoms with Crippen molar-refractivity contribution in [1.29, 1.82) is 5.26 Å². The molecular weight excluding hydrogens is 386 g/mol. The highest BCUT2D eigenvalue weighted by Crippen LogP contribution is 2.57. The number of nitro benzene ring substituents is 1. The van der Waals surface area contributed by atoms with E-state index < -0.39 is 4.92 Å². The van der Waals surface area contributed by atoms with Crippen LogP contribution in [0.1, 0.15) is 44.9 Å². The first-order chi connectivity index (χ1) is 14.4. The molecule has 0 N–H and O–H groups in total. The Morgan fingerprint density at radius 3 is 2.43 bits per heavy atom. The molecule has 8 heteroatoms. The number of nitriles is 1. The van der Waals surface area contributed by atoms with Crippen LogP contribution in [0.15, 0.2) is 18.2 Å². The van der Waals surface area contributed by atoms with Crippen LogP contribution in [-0.2, 0) is 4.79 Å². The Bertz CT molecular complexity index is 843. The van der Waals surface area contributed by atoms with Crippen LogP contribution in [0.25, 0.3) is 0 Å². The van der Waals surface area contributed by atoms with Crippen LogP contribution in [0.3, 0.4) is 0 Å². The largest absolute Gasteiger partial charge is 0.496 e. The lowest BCUT2D eigenvalue weighted by atomic mass is 9.52. The van der Waals surface area contributed by atoms with Gasteiger partial charge in [0, 0.05) is 12.1 Å². The van der Waals surface area contributed by atoms with Gasteiger partial charge in [-0.1, -0.05) is 0 Å². The minimum atomic E-state index is -0.547. The number of benzene rings is 1. The standard InChI is InChI=1S/C22H27N3O5/c1-29-18-3-4-20(19(10-18)25(27)28)30-14-21(26)24(6-2-5-23)22-11-15-7-16(12-22)9-17(8-15)13-22/h3-4,10,15-17H,2,6-9,11-14H2,1H3. The molecule has 160 valence electrons. The molecule has 1 amide bonds. The first kappa shape index (κ1) is 20.5. The molecule has 4 aliphatic carbocycles. The zero-order chi connectivity index (χ0) is 21.3. The minimum Gasteiger partial charge on any atom is -0.496 e. The Morgan fingerprint density at radius 1 is 1.27 bits per heavy atom. The lowest BCUT2D eigenvalue weighted by molar-refractivity contribution is -0.385. The number of nitro groups is 1. The maximum atomic E-state index is 13.2. The van der Waals surface area contributed by atoms with Gasteiger partial charge in [0.25, 0.3) is 5.91 Å². The minimum absolute atomic E-state index is 0.0416. The van der Waals surface area contributed by atoms with Crippen molar-refractivity contribution in [3.63, 3.8) is 0 Å². The number of nitrogens with zero attached hydrogens (tertiary/aromatic N) is 3. The number of carbonyl (C=O) groups excluding carboxylic acids is 1. The molecule has 30 heavy (non-hydrogen) atoms. The summed E-state index contributed by atoms with van der Waals surface area (Å²) in [5.74, 6) is 2.19. The van der Waals surface area contributed by atoms with E-state index in [0.29, 0.717) is 30.0 Å². The average molecular weight is 413 g/mol. The number of methoxy groups -OCH3 is 1. The van der Waals surface area contributed by atoms with Gasteiger partial charge < -0.3 is 14.4 Å². The van der Waals surface area contributed by atoms with E-state index in [2.05, 4.69) is 6.07 Å². The molecule has 1 aromatic carbocycles. The van der Waals surface area contributed by atoms with Crippen molar-refractivity contribution in [3.8, 4) is 17.6 Å². The molecule has 1 aromatic rings. The fraction of sp³-hybridized carbons (Fsp3) is 0.636. The third-order valence-corrected chi connectivity index (χ3v) is 7.04. The summed E-state index contributed by atoms with van der Waals surface area (Å²) in [6, 6.07) is 6.46. The van der Waals surface area contributed by atoms with E-state index in [4.69, 9.17) is 14.7 Å². The van der Waals surface area contributed by atoms with E-state index in [1.54, 1.807) is 6.07 Å². The predicted octanol–water partition coefficient (Wildman–Crippen LogP) is 3.69. The molecule has 8 nitrogen and oxygen atoms in total. The molecular formula is C22H27N3O5. The molecule has 4 aliphatic rings. The van der Waals surface area contributed by atoms with Gasteiger partial charge in [0.1, 0.15) is 5.75 Å². The molecule has 0 aromatic heterocycles. The van der Waals surface area contributed by atoms with Crippen LogP contribution in [0.4, 0.5) is 5.69 Å². The molecule has 0 radical (unpaired) electrons. The van der Waals surface area contributed by atoms with Gasteiger partial charge in [-0.15, -0.1) is 0 Å². The van der Waals surface area contributed by atoms with Crippen LogP contribution in [0.5, 0.6) is 11.5 Å². The highest BCUT2D eigenvalue weighted by atomic mass is 16.6. The first-order valence-electron chi connectivity index (χ1n) is 10.6. The summed E-state index contributed by atoms with van der Waals surface area (Å²) in [4.78, 5) is 25.9. The van der Waals surface area contributed by atoms with Crippen molar-refractivity contribution in [2.75, 3.05) is 20.3 Å². The second-order valence-electron chi connectivity index (χ2n) is 8.97. The van der Waals surface area contributed by atoms with Gasteiger partial charge in [0.15, 0.2) is 12.4 Å². The quantitative estimate of drug-likeness (QED) is 0.475. The monoisotopic (exact) mass is 413 g/mol. The predicted molar refractivity (Wildman–Crippen MR) is 108 cm³/mol. The van der Waals surface area contributed by atoms with Crippen molar-refractivity contribution in [3.05, 3.63) is 28.3 Å². The Hall–Kier alpha value is -2.82. The van der Waals surface area contributed by atoms with Gasteiger partial charge in [-0.3, -0.25) is 14.9 Å². The number of hydrogen-bond acceptors (Lipinski definition) is 6. The van der Waals surface area contributed by atoms with Gasteiger partial charge >= 0.3 is 5.69 Å². The Kier molecular flexibility index (Phi) is 5.54. The highest BCUT2D eigenvalue weighted by Gasteiger charge is 2.54. The molecule has 4 fully saturated rings. The number of rotatable bonds is 8. The fourth-order valence-corrected chi connectivity index (χ4v) is 6.29. The average Bonchev–Trinajstić information content (AvgIpc) is 2.71. The van der Waals surface area contributed by atoms with Crippen LogP contribution in [0, 0.1) is 39.2 Å². The smallest absolute Gasteiger partial charge is 0.314 e. The normalized spacial score (nSPS) is 28.6. The van der Waals surface area contributed by atoms with Crippen LogP contribution >= 0.6 is 0 Å². The molecule has 4 saturated carbocycles. The third kappa shape index (κ3) is 3.81. The molecule has 5 rings (SSSR count). The second kappa shape index (κ2) is 8.13. The molecule has 0 spiro atoms. The van der Waals surface area contributed by atoms with E-state index in [1.807, 2.05) is 4.90 Å². The summed E-state index contributed by atoms with van der Waals surface area (Å²) in [6.07, 6.45) is 7.04. The molecule has 4 bridgehead atoms. The first-order valence-corrected chi connectivity index (χ1v) is 10.6. The fourth-order valence-electron chi connectivity index (χ4n) is 6.29. The summed E-state index contributed by atoms with van der Waals surface area (Å²) >= 11 is 0. The van der Waals surface area contributed by atoms with Gasteiger partial charge in [-0.2, -0.15) is 5.26 Å². The van der Waals surface area contributed by atoms with Gasteiger partial charge in [0.05, 0.1) is 30.6 Å². The lowest BCUT2D eigenvalue weighted by Crippen LogP contribution is -2.62. The van der Waals surface area contributed by atoms with E-state index in [0.717, 1.165) is 19.3 Å². The SMILES string of the molecule is COc1ccc(OCC(=O)N(CCC#N)C23CC4CC(CC(C4)C2)C3)c([N+](=O)[O-])c1. The van der Waals surface area contributed by atoms with Crippen molar-refractivity contribution in [2.24, 2.45) is 17.8 Å². The van der Waals surface area contributed by atoms with Crippen LogP contribution < -0.4 is 9.47 Å². The van der Waals surface area contributed by atoms with Crippen LogP contribution in [0.2, 0.25) is 0 Å². The topological polar surface area (TPSA) is 106 Å². The van der Waals surface area contributed by atoms with E-state index in [1.165, 1.54) is 38.5 Å². The van der Waals surface area contributed by atoms with E-state index in [9.17, 15) is 14.9 Å².